The van der Waals surface area contributed by atoms with Gasteiger partial charge in [0, 0.05) is 12.0 Å². The Labute approximate surface area is 123 Å². The van der Waals surface area contributed by atoms with E-state index in [-0.39, 0.29) is 5.75 Å². The first-order chi connectivity index (χ1) is 10.2. The number of nitrogens with one attached hydrogen (secondary N) is 1. The Balaban J connectivity index is 1.96. The first kappa shape index (κ1) is 15.4. The highest BCUT2D eigenvalue weighted by atomic mass is 19.1. The van der Waals surface area contributed by atoms with E-state index in [2.05, 4.69) is 22.4 Å². The lowest BCUT2D eigenvalue weighted by atomic mass is 10.2. The summed E-state index contributed by atoms with van der Waals surface area (Å²) in [6.07, 6.45) is 2.79. The third-order valence-corrected chi connectivity index (χ3v) is 3.04. The zero-order chi connectivity index (χ0) is 15.1. The van der Waals surface area contributed by atoms with Crippen LogP contribution in [0.3, 0.4) is 0 Å². The molecule has 0 atom stereocenters. The molecular weight excluding hydrogens is 273 g/mol. The maximum atomic E-state index is 13.4. The van der Waals surface area contributed by atoms with Crippen molar-refractivity contribution in [3.05, 3.63) is 29.9 Å². The Morgan fingerprint density at radius 3 is 2.90 bits per heavy atom. The summed E-state index contributed by atoms with van der Waals surface area (Å²) in [4.78, 5) is 0. The Hall–Kier alpha value is -1.95. The SMILES string of the molecule is CCCNCCCc1nnc(-c2ccc(F)c(OC)c2)o1. The van der Waals surface area contributed by atoms with Crippen LogP contribution < -0.4 is 10.1 Å². The highest BCUT2D eigenvalue weighted by Crippen LogP contribution is 2.25. The Bertz CT molecular complexity index is 572. The van der Waals surface area contributed by atoms with Gasteiger partial charge in [0.05, 0.1) is 7.11 Å². The van der Waals surface area contributed by atoms with E-state index in [1.54, 1.807) is 12.1 Å². The molecule has 5 nitrogen and oxygen atoms in total. The fraction of sp³-hybridized carbons (Fsp3) is 0.467. The molecule has 0 aliphatic heterocycles. The predicted octanol–water partition coefficient (Wildman–Crippen LogP) is 2.82. The van der Waals surface area contributed by atoms with E-state index in [9.17, 15) is 4.39 Å². The van der Waals surface area contributed by atoms with Crippen LogP contribution in [0, 0.1) is 5.82 Å². The van der Waals surface area contributed by atoms with E-state index >= 15 is 0 Å². The molecule has 0 amide bonds. The van der Waals surface area contributed by atoms with Gasteiger partial charge in [-0.3, -0.25) is 0 Å². The molecule has 1 heterocycles. The van der Waals surface area contributed by atoms with Crippen LogP contribution in [-0.4, -0.2) is 30.4 Å². The van der Waals surface area contributed by atoms with Gasteiger partial charge < -0.3 is 14.5 Å². The standard InChI is InChI=1S/C15H20FN3O2/c1-3-8-17-9-4-5-14-18-19-15(21-14)11-6-7-12(16)13(10-11)20-2/h6-7,10,17H,3-5,8-9H2,1-2H3. The Kier molecular flexibility index (Phi) is 5.68. The van der Waals surface area contributed by atoms with E-state index in [4.69, 9.17) is 9.15 Å². The van der Waals surface area contributed by atoms with Gasteiger partial charge in [-0.2, -0.15) is 0 Å². The Morgan fingerprint density at radius 2 is 2.14 bits per heavy atom. The summed E-state index contributed by atoms with van der Waals surface area (Å²) in [5.74, 6) is 0.718. The van der Waals surface area contributed by atoms with Crippen molar-refractivity contribution in [3.8, 4) is 17.2 Å². The average molecular weight is 293 g/mol. The summed E-state index contributed by atoms with van der Waals surface area (Å²) < 4.78 is 23.9. The van der Waals surface area contributed by atoms with Crippen molar-refractivity contribution in [1.82, 2.24) is 15.5 Å². The number of aryl methyl sites for hydroxylation is 1. The van der Waals surface area contributed by atoms with Gasteiger partial charge in [-0.15, -0.1) is 10.2 Å². The third kappa shape index (κ3) is 4.26. The minimum Gasteiger partial charge on any atom is -0.494 e. The number of hydrogen-bond donors (Lipinski definition) is 1. The van der Waals surface area contributed by atoms with Crippen molar-refractivity contribution in [1.29, 1.82) is 0 Å². The Morgan fingerprint density at radius 1 is 1.29 bits per heavy atom. The second-order valence-electron chi connectivity index (χ2n) is 4.70. The molecule has 1 N–H and O–H groups in total. The van der Waals surface area contributed by atoms with Crippen LogP contribution >= 0.6 is 0 Å². The van der Waals surface area contributed by atoms with Crippen molar-refractivity contribution < 1.29 is 13.5 Å². The lowest BCUT2D eigenvalue weighted by molar-refractivity contribution is 0.386. The number of methoxy groups -OCH3 is 1. The molecule has 6 heteroatoms. The first-order valence-corrected chi connectivity index (χ1v) is 7.11. The molecule has 0 unspecified atom stereocenters. The van der Waals surface area contributed by atoms with Gasteiger partial charge >= 0.3 is 0 Å². The van der Waals surface area contributed by atoms with Gasteiger partial charge in [-0.25, -0.2) is 4.39 Å². The summed E-state index contributed by atoms with van der Waals surface area (Å²) in [6, 6.07) is 4.47. The van der Waals surface area contributed by atoms with Gasteiger partial charge in [-0.1, -0.05) is 6.92 Å². The highest BCUT2D eigenvalue weighted by Gasteiger charge is 2.11. The van der Waals surface area contributed by atoms with Crippen LogP contribution in [-0.2, 0) is 6.42 Å². The monoisotopic (exact) mass is 293 g/mol. The van der Waals surface area contributed by atoms with Crippen molar-refractivity contribution in [3.63, 3.8) is 0 Å². The zero-order valence-electron chi connectivity index (χ0n) is 12.4. The van der Waals surface area contributed by atoms with Crippen LogP contribution in [0.25, 0.3) is 11.5 Å². The van der Waals surface area contributed by atoms with Gasteiger partial charge in [0.2, 0.25) is 11.8 Å². The maximum Gasteiger partial charge on any atom is 0.247 e. The number of benzene rings is 1. The molecule has 0 bridgehead atoms. The minimum absolute atomic E-state index is 0.163. The molecule has 0 radical (unpaired) electrons. The summed E-state index contributed by atoms with van der Waals surface area (Å²) in [5, 5.41) is 11.3. The number of ether oxygens (including phenoxy) is 1. The summed E-state index contributed by atoms with van der Waals surface area (Å²) in [7, 11) is 1.42. The largest absolute Gasteiger partial charge is 0.494 e. The van der Waals surface area contributed by atoms with Crippen LogP contribution in [0.1, 0.15) is 25.7 Å². The average Bonchev–Trinajstić information content (AvgIpc) is 2.96. The highest BCUT2D eigenvalue weighted by molar-refractivity contribution is 5.55. The predicted molar refractivity (Wildman–Crippen MR) is 77.7 cm³/mol. The van der Waals surface area contributed by atoms with Crippen molar-refractivity contribution in [2.45, 2.75) is 26.2 Å². The fourth-order valence-electron chi connectivity index (χ4n) is 1.93. The molecule has 0 aliphatic rings. The zero-order valence-corrected chi connectivity index (χ0v) is 12.4. The van der Waals surface area contributed by atoms with Crippen LogP contribution in [0.5, 0.6) is 5.75 Å². The number of nitrogens with zero attached hydrogens (tertiary/aromatic N) is 2. The van der Waals surface area contributed by atoms with Crippen molar-refractivity contribution in [2.75, 3.05) is 20.2 Å². The van der Waals surface area contributed by atoms with E-state index < -0.39 is 5.82 Å². The molecule has 0 fully saturated rings. The molecule has 21 heavy (non-hydrogen) atoms. The lowest BCUT2D eigenvalue weighted by Crippen LogP contribution is -2.16. The van der Waals surface area contributed by atoms with E-state index in [0.717, 1.165) is 32.4 Å². The van der Waals surface area contributed by atoms with Gasteiger partial charge in [0.15, 0.2) is 11.6 Å². The normalized spacial score (nSPS) is 10.8. The second-order valence-corrected chi connectivity index (χ2v) is 4.70. The molecule has 2 rings (SSSR count). The van der Waals surface area contributed by atoms with Crippen molar-refractivity contribution >= 4 is 0 Å². The fourth-order valence-corrected chi connectivity index (χ4v) is 1.93. The molecular formula is C15H20FN3O2. The topological polar surface area (TPSA) is 60.2 Å². The molecule has 0 saturated heterocycles. The number of hydrogen-bond acceptors (Lipinski definition) is 5. The molecule has 0 aliphatic carbocycles. The summed E-state index contributed by atoms with van der Waals surface area (Å²) in [6.45, 7) is 4.08. The molecule has 2 aromatic rings. The third-order valence-electron chi connectivity index (χ3n) is 3.04. The molecule has 0 saturated carbocycles. The smallest absolute Gasteiger partial charge is 0.247 e. The lowest BCUT2D eigenvalue weighted by Gasteiger charge is -2.02. The van der Waals surface area contributed by atoms with Gasteiger partial charge in [-0.05, 0) is 44.1 Å². The second kappa shape index (κ2) is 7.73. The van der Waals surface area contributed by atoms with Gasteiger partial charge in [0.1, 0.15) is 0 Å². The number of aromatic nitrogens is 2. The molecule has 114 valence electrons. The van der Waals surface area contributed by atoms with Crippen LogP contribution in [0.2, 0.25) is 0 Å². The molecule has 1 aromatic heterocycles. The van der Waals surface area contributed by atoms with Crippen LogP contribution in [0.4, 0.5) is 4.39 Å². The quantitative estimate of drug-likeness (QED) is 0.758. The molecule has 0 spiro atoms. The minimum atomic E-state index is -0.414. The number of rotatable bonds is 8. The van der Waals surface area contributed by atoms with E-state index in [1.807, 2.05) is 0 Å². The maximum absolute atomic E-state index is 13.4. The van der Waals surface area contributed by atoms with Crippen LogP contribution in [0.15, 0.2) is 22.6 Å². The van der Waals surface area contributed by atoms with Crippen molar-refractivity contribution in [2.24, 2.45) is 0 Å². The van der Waals surface area contributed by atoms with E-state index in [1.165, 1.54) is 13.2 Å². The molecule has 1 aromatic carbocycles. The van der Waals surface area contributed by atoms with E-state index in [0.29, 0.717) is 17.3 Å². The summed E-state index contributed by atoms with van der Waals surface area (Å²) >= 11 is 0. The first-order valence-electron chi connectivity index (χ1n) is 7.11. The summed E-state index contributed by atoms with van der Waals surface area (Å²) in [5.41, 5.74) is 0.649. The van der Waals surface area contributed by atoms with Gasteiger partial charge in [0.25, 0.3) is 0 Å². The number of halogens is 1.